The van der Waals surface area contributed by atoms with E-state index < -0.39 is 6.10 Å². The highest BCUT2D eigenvalue weighted by molar-refractivity contribution is 5.56. The van der Waals surface area contributed by atoms with Crippen molar-refractivity contribution in [3.63, 3.8) is 0 Å². The van der Waals surface area contributed by atoms with Crippen LogP contribution in [0.4, 0.5) is 5.69 Å². The van der Waals surface area contributed by atoms with E-state index in [2.05, 4.69) is 50.4 Å². The van der Waals surface area contributed by atoms with E-state index in [0.29, 0.717) is 6.54 Å². The van der Waals surface area contributed by atoms with Gasteiger partial charge in [0, 0.05) is 12.2 Å². The molecule has 0 amide bonds. The Morgan fingerprint density at radius 3 is 2.20 bits per heavy atom. The lowest BCUT2D eigenvalue weighted by Crippen LogP contribution is -2.14. The second-order valence-corrected chi connectivity index (χ2v) is 5.52. The number of para-hydroxylation sites is 1. The number of hydrogen-bond donors (Lipinski definition) is 2. The van der Waals surface area contributed by atoms with Gasteiger partial charge in [0.05, 0.1) is 6.10 Å². The number of nitrogens with one attached hydrogen (secondary N) is 1. The fourth-order valence-corrected chi connectivity index (χ4v) is 2.60. The minimum atomic E-state index is -0.491. The first-order valence-electron chi connectivity index (χ1n) is 7.04. The predicted molar refractivity (Wildman–Crippen MR) is 85.3 cm³/mol. The maximum Gasteiger partial charge on any atom is 0.0964 e. The maximum absolute atomic E-state index is 10.4. The normalized spacial score (nSPS) is 12.2. The molecule has 0 saturated carbocycles. The van der Waals surface area contributed by atoms with Gasteiger partial charge in [0.15, 0.2) is 0 Å². The average Bonchev–Trinajstić information content (AvgIpc) is 2.37. The van der Waals surface area contributed by atoms with Gasteiger partial charge in [-0.2, -0.15) is 0 Å². The summed E-state index contributed by atoms with van der Waals surface area (Å²) in [4.78, 5) is 0. The molecule has 0 bridgehead atoms. The third-order valence-electron chi connectivity index (χ3n) is 3.74. The molecule has 1 atom stereocenters. The number of benzene rings is 2. The van der Waals surface area contributed by atoms with Gasteiger partial charge in [-0.15, -0.1) is 0 Å². The first kappa shape index (κ1) is 14.6. The smallest absolute Gasteiger partial charge is 0.0964 e. The fraction of sp³-hybridized carbons (Fsp3) is 0.333. The second-order valence-electron chi connectivity index (χ2n) is 5.52. The SMILES string of the molecule is Cc1ccc(C(O)CNc2c(C)cccc2C)c(C)c1. The largest absolute Gasteiger partial charge is 0.387 e. The molecule has 20 heavy (non-hydrogen) atoms. The highest BCUT2D eigenvalue weighted by Gasteiger charge is 2.11. The molecule has 0 aliphatic rings. The minimum Gasteiger partial charge on any atom is -0.387 e. The van der Waals surface area contributed by atoms with E-state index in [9.17, 15) is 5.11 Å². The summed E-state index contributed by atoms with van der Waals surface area (Å²) < 4.78 is 0. The van der Waals surface area contributed by atoms with Crippen molar-refractivity contribution < 1.29 is 5.11 Å². The Bertz CT molecular complexity index is 584. The molecule has 1 unspecified atom stereocenters. The van der Waals surface area contributed by atoms with E-state index in [1.54, 1.807) is 0 Å². The van der Waals surface area contributed by atoms with Crippen molar-refractivity contribution in [3.05, 3.63) is 64.2 Å². The standard InChI is InChI=1S/C18H23NO/c1-12-8-9-16(15(4)10-12)17(20)11-19-18-13(2)6-5-7-14(18)3/h5-10,17,19-20H,11H2,1-4H3. The number of rotatable bonds is 4. The van der Waals surface area contributed by atoms with Gasteiger partial charge in [0.2, 0.25) is 0 Å². The van der Waals surface area contributed by atoms with Crippen LogP contribution in [-0.2, 0) is 0 Å². The summed E-state index contributed by atoms with van der Waals surface area (Å²) in [7, 11) is 0. The molecule has 0 heterocycles. The van der Waals surface area contributed by atoms with E-state index in [0.717, 1.165) is 16.8 Å². The van der Waals surface area contributed by atoms with Crippen molar-refractivity contribution >= 4 is 5.69 Å². The molecule has 0 saturated heterocycles. The van der Waals surface area contributed by atoms with Gasteiger partial charge in [-0.25, -0.2) is 0 Å². The first-order chi connectivity index (χ1) is 9.49. The van der Waals surface area contributed by atoms with Crippen LogP contribution in [0.25, 0.3) is 0 Å². The highest BCUT2D eigenvalue weighted by atomic mass is 16.3. The summed E-state index contributed by atoms with van der Waals surface area (Å²) in [5.74, 6) is 0. The Morgan fingerprint density at radius 1 is 0.950 bits per heavy atom. The monoisotopic (exact) mass is 269 g/mol. The van der Waals surface area contributed by atoms with Gasteiger partial charge < -0.3 is 10.4 Å². The molecule has 2 aromatic rings. The molecule has 2 aromatic carbocycles. The average molecular weight is 269 g/mol. The zero-order chi connectivity index (χ0) is 14.7. The van der Waals surface area contributed by atoms with Gasteiger partial charge in [-0.1, -0.05) is 42.0 Å². The highest BCUT2D eigenvalue weighted by Crippen LogP contribution is 2.23. The zero-order valence-electron chi connectivity index (χ0n) is 12.7. The molecule has 0 aliphatic heterocycles. The molecule has 0 spiro atoms. The van der Waals surface area contributed by atoms with E-state index in [1.165, 1.54) is 16.7 Å². The minimum absolute atomic E-state index is 0.491. The van der Waals surface area contributed by atoms with E-state index in [-0.39, 0.29) is 0 Å². The predicted octanol–water partition coefficient (Wildman–Crippen LogP) is 4.07. The molecule has 0 fully saturated rings. The van der Waals surface area contributed by atoms with Crippen LogP contribution in [0.15, 0.2) is 36.4 Å². The second kappa shape index (κ2) is 6.10. The Labute approximate surface area is 121 Å². The maximum atomic E-state index is 10.4. The number of aliphatic hydroxyl groups excluding tert-OH is 1. The molecule has 2 N–H and O–H groups in total. The Morgan fingerprint density at radius 2 is 1.60 bits per heavy atom. The number of aliphatic hydroxyl groups is 1. The fourth-order valence-electron chi connectivity index (χ4n) is 2.60. The molecule has 2 nitrogen and oxygen atoms in total. The van der Waals surface area contributed by atoms with E-state index >= 15 is 0 Å². The quantitative estimate of drug-likeness (QED) is 0.877. The third kappa shape index (κ3) is 3.20. The Hall–Kier alpha value is -1.80. The Balaban J connectivity index is 2.11. The summed E-state index contributed by atoms with van der Waals surface area (Å²) in [6, 6.07) is 12.4. The van der Waals surface area contributed by atoms with Crippen molar-refractivity contribution in [2.75, 3.05) is 11.9 Å². The van der Waals surface area contributed by atoms with Crippen LogP contribution in [0.5, 0.6) is 0 Å². The van der Waals surface area contributed by atoms with Gasteiger partial charge >= 0.3 is 0 Å². The number of anilines is 1. The molecular formula is C18H23NO. The van der Waals surface area contributed by atoms with Gasteiger partial charge in [-0.05, 0) is 49.9 Å². The van der Waals surface area contributed by atoms with Crippen molar-refractivity contribution in [3.8, 4) is 0 Å². The van der Waals surface area contributed by atoms with E-state index in [1.807, 2.05) is 19.1 Å². The summed E-state index contributed by atoms with van der Waals surface area (Å²) >= 11 is 0. The summed E-state index contributed by atoms with van der Waals surface area (Å²) in [6.07, 6.45) is -0.491. The zero-order valence-corrected chi connectivity index (χ0v) is 12.7. The lowest BCUT2D eigenvalue weighted by Gasteiger charge is -2.18. The molecular weight excluding hydrogens is 246 g/mol. The van der Waals surface area contributed by atoms with Crippen LogP contribution in [0, 0.1) is 27.7 Å². The van der Waals surface area contributed by atoms with Gasteiger partial charge in [0.25, 0.3) is 0 Å². The first-order valence-corrected chi connectivity index (χ1v) is 7.04. The van der Waals surface area contributed by atoms with E-state index in [4.69, 9.17) is 0 Å². The Kier molecular flexibility index (Phi) is 4.46. The van der Waals surface area contributed by atoms with Crippen molar-refractivity contribution in [2.24, 2.45) is 0 Å². The summed E-state index contributed by atoms with van der Waals surface area (Å²) in [6.45, 7) is 8.80. The molecule has 2 rings (SSSR count). The van der Waals surface area contributed by atoms with Crippen LogP contribution in [-0.4, -0.2) is 11.7 Å². The molecule has 0 radical (unpaired) electrons. The van der Waals surface area contributed by atoms with Crippen molar-refractivity contribution in [1.29, 1.82) is 0 Å². The third-order valence-corrected chi connectivity index (χ3v) is 3.74. The van der Waals surface area contributed by atoms with Crippen LogP contribution in [0.1, 0.15) is 33.9 Å². The molecule has 0 aliphatic carbocycles. The number of aryl methyl sites for hydroxylation is 4. The molecule has 0 aromatic heterocycles. The summed E-state index contributed by atoms with van der Waals surface area (Å²) in [5, 5.41) is 13.7. The van der Waals surface area contributed by atoms with Crippen molar-refractivity contribution in [1.82, 2.24) is 0 Å². The van der Waals surface area contributed by atoms with Crippen molar-refractivity contribution in [2.45, 2.75) is 33.8 Å². The molecule has 2 heteroatoms. The lowest BCUT2D eigenvalue weighted by molar-refractivity contribution is 0.191. The van der Waals surface area contributed by atoms with Gasteiger partial charge in [-0.3, -0.25) is 0 Å². The van der Waals surface area contributed by atoms with Crippen LogP contribution < -0.4 is 5.32 Å². The topological polar surface area (TPSA) is 32.3 Å². The van der Waals surface area contributed by atoms with Gasteiger partial charge in [0.1, 0.15) is 0 Å². The lowest BCUT2D eigenvalue weighted by atomic mass is 10.0. The van der Waals surface area contributed by atoms with Crippen LogP contribution >= 0.6 is 0 Å². The van der Waals surface area contributed by atoms with Crippen LogP contribution in [0.2, 0.25) is 0 Å². The summed E-state index contributed by atoms with van der Waals surface area (Å²) in [5.41, 5.74) is 6.89. The molecule has 106 valence electrons. The van der Waals surface area contributed by atoms with Crippen LogP contribution in [0.3, 0.4) is 0 Å². The number of hydrogen-bond acceptors (Lipinski definition) is 2.